The number of rotatable bonds is 12. The number of aryl methyl sites for hydroxylation is 4. The number of nitrogens with one attached hydrogen (secondary N) is 2. The second-order valence-electron chi connectivity index (χ2n) is 11.7. The molecular weight excluding hydrogens is 668 g/mol. The van der Waals surface area contributed by atoms with Crippen LogP contribution in [-0.4, -0.2) is 0 Å². The highest BCUT2D eigenvalue weighted by molar-refractivity contribution is 9.10. The highest BCUT2D eigenvalue weighted by Crippen LogP contribution is 2.45. The largest absolute Gasteiger partial charge is 0.355 e. The summed E-state index contributed by atoms with van der Waals surface area (Å²) in [5, 5.41) is 7.64. The van der Waals surface area contributed by atoms with E-state index in [1.807, 2.05) is 0 Å². The van der Waals surface area contributed by atoms with Crippen molar-refractivity contribution in [3.63, 3.8) is 0 Å². The number of benzene rings is 5. The fourth-order valence-electron chi connectivity index (χ4n) is 5.67. The molecule has 0 unspecified atom stereocenters. The summed E-state index contributed by atoms with van der Waals surface area (Å²) in [6, 6.07) is 35.7. The number of hydrogen-bond acceptors (Lipinski definition) is 2. The van der Waals surface area contributed by atoms with E-state index >= 15 is 0 Å². The van der Waals surface area contributed by atoms with Crippen LogP contribution in [0.15, 0.2) is 106 Å². The highest BCUT2D eigenvalue weighted by atomic mass is 79.9. The molecule has 5 rings (SSSR count). The highest BCUT2D eigenvalue weighted by Gasteiger charge is 2.19. The number of hydrogen-bond donors (Lipinski definition) is 2. The van der Waals surface area contributed by atoms with Crippen LogP contribution in [0.1, 0.15) is 61.8 Å². The second-order valence-corrected chi connectivity index (χ2v) is 13.5. The van der Waals surface area contributed by atoms with Crippen molar-refractivity contribution in [3.05, 3.63) is 128 Å². The molecule has 4 heteroatoms. The first-order chi connectivity index (χ1) is 21.4. The van der Waals surface area contributed by atoms with Gasteiger partial charge in [-0.3, -0.25) is 0 Å². The van der Waals surface area contributed by atoms with Crippen LogP contribution in [0.4, 0.5) is 22.7 Å². The molecule has 44 heavy (non-hydrogen) atoms. The SMILES string of the molecule is CCCCc1ccc(-c2c(Nc3ccc(Br)cc3C)ccc(Nc3ccc(Br)cc3C)c2-c2ccc(CCCC)cc2)cc1. The van der Waals surface area contributed by atoms with Crippen molar-refractivity contribution < 1.29 is 0 Å². The second kappa shape index (κ2) is 15.1. The molecule has 0 aromatic heterocycles. The van der Waals surface area contributed by atoms with Crippen LogP contribution in [0.2, 0.25) is 0 Å². The van der Waals surface area contributed by atoms with Gasteiger partial charge in [-0.05, 0) is 121 Å². The van der Waals surface area contributed by atoms with Gasteiger partial charge in [-0.15, -0.1) is 0 Å². The average Bonchev–Trinajstić information content (AvgIpc) is 3.02. The van der Waals surface area contributed by atoms with Gasteiger partial charge in [0.25, 0.3) is 0 Å². The molecule has 0 bridgehead atoms. The summed E-state index contributed by atoms with van der Waals surface area (Å²) < 4.78 is 2.16. The van der Waals surface area contributed by atoms with Gasteiger partial charge in [0.15, 0.2) is 0 Å². The summed E-state index contributed by atoms with van der Waals surface area (Å²) in [6.45, 7) is 8.80. The van der Waals surface area contributed by atoms with E-state index in [2.05, 4.69) is 167 Å². The molecule has 226 valence electrons. The molecule has 0 saturated carbocycles. The summed E-state index contributed by atoms with van der Waals surface area (Å²) in [4.78, 5) is 0. The lowest BCUT2D eigenvalue weighted by molar-refractivity contribution is 0.795. The van der Waals surface area contributed by atoms with Gasteiger partial charge in [0.2, 0.25) is 0 Å². The van der Waals surface area contributed by atoms with E-state index in [4.69, 9.17) is 0 Å². The minimum Gasteiger partial charge on any atom is -0.355 e. The van der Waals surface area contributed by atoms with Crippen molar-refractivity contribution >= 4 is 54.6 Å². The van der Waals surface area contributed by atoms with E-state index in [1.54, 1.807) is 0 Å². The van der Waals surface area contributed by atoms with Gasteiger partial charge in [0, 0.05) is 42.8 Å². The fourth-order valence-corrected chi connectivity index (χ4v) is 6.62. The van der Waals surface area contributed by atoms with Crippen molar-refractivity contribution in [3.8, 4) is 22.3 Å². The first-order valence-electron chi connectivity index (χ1n) is 15.8. The molecule has 0 heterocycles. The van der Waals surface area contributed by atoms with Crippen LogP contribution in [0, 0.1) is 13.8 Å². The molecule has 0 aliphatic rings. The maximum absolute atomic E-state index is 3.82. The van der Waals surface area contributed by atoms with Crippen molar-refractivity contribution in [1.82, 2.24) is 0 Å². The molecule has 0 radical (unpaired) electrons. The summed E-state index contributed by atoms with van der Waals surface area (Å²) >= 11 is 7.27. The molecule has 5 aromatic rings. The van der Waals surface area contributed by atoms with E-state index < -0.39 is 0 Å². The van der Waals surface area contributed by atoms with Gasteiger partial charge in [0.05, 0.1) is 0 Å². The predicted octanol–water partition coefficient (Wildman–Crippen LogP) is 13.3. The Labute approximate surface area is 280 Å². The molecule has 2 N–H and O–H groups in total. The molecule has 0 aliphatic carbocycles. The number of unbranched alkanes of at least 4 members (excludes halogenated alkanes) is 2. The first-order valence-corrected chi connectivity index (χ1v) is 17.4. The molecular formula is C40H42Br2N2. The van der Waals surface area contributed by atoms with E-state index in [-0.39, 0.29) is 0 Å². The summed E-state index contributed by atoms with van der Waals surface area (Å²) in [7, 11) is 0. The van der Waals surface area contributed by atoms with E-state index in [1.165, 1.54) is 70.2 Å². The Morgan fingerprint density at radius 1 is 0.477 bits per heavy atom. The van der Waals surface area contributed by atoms with Crippen LogP contribution in [0.25, 0.3) is 22.3 Å². The third-order valence-corrected chi connectivity index (χ3v) is 9.23. The lowest BCUT2D eigenvalue weighted by Gasteiger charge is -2.23. The molecule has 0 fully saturated rings. The quantitative estimate of drug-likeness (QED) is 0.135. The topological polar surface area (TPSA) is 24.1 Å². The first kappa shape index (κ1) is 32.1. The standard InChI is InChI=1S/C40H42Br2N2/c1-5-7-9-29-11-15-31(16-12-29)39-37(43-35-21-19-33(41)25-27(35)3)23-24-38(44-36-22-20-34(42)26-28(36)4)40(39)32-17-13-30(14-18-32)10-8-6-2/h11-26,43-44H,5-10H2,1-4H3. The lowest BCUT2D eigenvalue weighted by Crippen LogP contribution is -2.02. The zero-order chi connectivity index (χ0) is 31.1. The summed E-state index contributed by atoms with van der Waals surface area (Å²) in [6.07, 6.45) is 7.02. The minimum atomic E-state index is 1.08. The van der Waals surface area contributed by atoms with E-state index in [0.717, 1.165) is 44.5 Å². The average molecular weight is 711 g/mol. The van der Waals surface area contributed by atoms with Crippen molar-refractivity contribution in [2.45, 2.75) is 66.2 Å². The summed E-state index contributed by atoms with van der Waals surface area (Å²) in [5.74, 6) is 0. The van der Waals surface area contributed by atoms with Gasteiger partial charge >= 0.3 is 0 Å². The molecule has 2 nitrogen and oxygen atoms in total. The van der Waals surface area contributed by atoms with Crippen LogP contribution in [-0.2, 0) is 12.8 Å². The molecule has 0 aliphatic heterocycles. The summed E-state index contributed by atoms with van der Waals surface area (Å²) in [5.41, 5.74) is 14.3. The predicted molar refractivity (Wildman–Crippen MR) is 199 cm³/mol. The van der Waals surface area contributed by atoms with Gasteiger partial charge in [-0.1, -0.05) is 107 Å². The van der Waals surface area contributed by atoms with Crippen LogP contribution < -0.4 is 10.6 Å². The van der Waals surface area contributed by atoms with Gasteiger partial charge < -0.3 is 10.6 Å². The molecule has 0 amide bonds. The Morgan fingerprint density at radius 2 is 0.841 bits per heavy atom. The third-order valence-electron chi connectivity index (χ3n) is 8.24. The van der Waals surface area contributed by atoms with E-state index in [0.29, 0.717) is 0 Å². The van der Waals surface area contributed by atoms with Crippen LogP contribution in [0.3, 0.4) is 0 Å². The fraction of sp³-hybridized carbons (Fsp3) is 0.250. The normalized spacial score (nSPS) is 11.0. The van der Waals surface area contributed by atoms with Crippen LogP contribution in [0.5, 0.6) is 0 Å². The Hall–Kier alpha value is -3.34. The Bertz CT molecular complexity index is 1580. The van der Waals surface area contributed by atoms with Crippen molar-refractivity contribution in [2.75, 3.05) is 10.6 Å². The smallest absolute Gasteiger partial charge is 0.0471 e. The third kappa shape index (κ3) is 7.83. The zero-order valence-corrected chi connectivity index (χ0v) is 29.4. The Morgan fingerprint density at radius 3 is 1.18 bits per heavy atom. The molecule has 0 saturated heterocycles. The minimum absolute atomic E-state index is 1.08. The van der Waals surface area contributed by atoms with Gasteiger partial charge in [-0.2, -0.15) is 0 Å². The monoisotopic (exact) mass is 708 g/mol. The molecule has 0 atom stereocenters. The van der Waals surface area contributed by atoms with Gasteiger partial charge in [-0.25, -0.2) is 0 Å². The molecule has 0 spiro atoms. The van der Waals surface area contributed by atoms with Crippen molar-refractivity contribution in [1.29, 1.82) is 0 Å². The van der Waals surface area contributed by atoms with E-state index in [9.17, 15) is 0 Å². The Kier molecular flexibility index (Phi) is 11.0. The Balaban J connectivity index is 1.71. The number of anilines is 4. The van der Waals surface area contributed by atoms with Crippen molar-refractivity contribution in [2.24, 2.45) is 0 Å². The van der Waals surface area contributed by atoms with Crippen LogP contribution >= 0.6 is 31.9 Å². The maximum Gasteiger partial charge on any atom is 0.0471 e. The molecule has 5 aromatic carbocycles. The zero-order valence-electron chi connectivity index (χ0n) is 26.2. The lowest BCUT2D eigenvalue weighted by atomic mass is 9.89. The number of halogens is 2. The maximum atomic E-state index is 3.82. The van der Waals surface area contributed by atoms with Gasteiger partial charge in [0.1, 0.15) is 0 Å².